The van der Waals surface area contributed by atoms with Crippen LogP contribution in [0.15, 0.2) is 0 Å². The Labute approximate surface area is 63.8 Å². The van der Waals surface area contributed by atoms with Crippen molar-refractivity contribution in [1.29, 1.82) is 0 Å². The Balaban J connectivity index is -0.0000000542. The van der Waals surface area contributed by atoms with Crippen LogP contribution >= 0.6 is 34.2 Å². The molecule has 0 saturated heterocycles. The third-order valence-corrected chi connectivity index (χ3v) is 1.50. The zero-order chi connectivity index (χ0) is 7.41. The van der Waals surface area contributed by atoms with Crippen molar-refractivity contribution in [3.63, 3.8) is 0 Å². The van der Waals surface area contributed by atoms with E-state index in [9.17, 15) is 0 Å². The van der Waals surface area contributed by atoms with E-state index < -0.39 is 0 Å². The maximum Gasteiger partial charge on any atom is -0.00793 e. The van der Waals surface area contributed by atoms with E-state index in [-0.39, 0.29) is 0 Å². The molecule has 0 aromatic heterocycles. The fraction of sp³-hybridized carbons (Fsp3) is 1.00. The molecule has 0 aliphatic carbocycles. The van der Waals surface area contributed by atoms with Crippen LogP contribution in [0.1, 0.15) is 0 Å². The summed E-state index contributed by atoms with van der Waals surface area (Å²) in [5.74, 6) is 0. The van der Waals surface area contributed by atoms with Gasteiger partial charge >= 0.3 is 0 Å². The van der Waals surface area contributed by atoms with Gasteiger partial charge in [-0.2, -0.15) is 12.6 Å². The van der Waals surface area contributed by atoms with E-state index in [2.05, 4.69) is 25.1 Å². The Kier molecular flexibility index (Phi) is 87.7. The first-order valence-electron chi connectivity index (χ1n) is 1.63. The lowest BCUT2D eigenvalue weighted by Gasteiger charge is -1.69. The van der Waals surface area contributed by atoms with Crippen molar-refractivity contribution < 1.29 is 10.5 Å². The number of rotatable bonds is 1. The summed E-state index contributed by atoms with van der Waals surface area (Å²) in [6.07, 6.45) is 5.81. The van der Waals surface area contributed by atoms with Crippen molar-refractivity contribution in [3.8, 4) is 0 Å². The van der Waals surface area contributed by atoms with Crippen molar-refractivity contribution in [3.05, 3.63) is 0 Å². The Bertz CT molecular complexity index is 14.5. The number of hydrogen-bond donors (Lipinski definition) is 3. The third kappa shape index (κ3) is 64.0. The Hall–Kier alpha value is 0.970. The van der Waals surface area contributed by atoms with E-state index in [1.54, 1.807) is 27.8 Å². The van der Waals surface area contributed by atoms with Gasteiger partial charge < -0.3 is 0 Å². The highest BCUT2D eigenvalue weighted by molar-refractivity contribution is 8.76. The molecule has 2 nitrogen and oxygen atoms in total. The van der Waals surface area contributed by atoms with Gasteiger partial charge in [0.15, 0.2) is 0 Å². The molecule has 0 fully saturated rings. The second-order valence-electron chi connectivity index (χ2n) is 0.333. The molecular weight excluding hydrogens is 164 g/mol. The monoisotopic (exact) mass is 176 g/mol. The van der Waals surface area contributed by atoms with Gasteiger partial charge in [-0.1, -0.05) is 21.6 Å². The molecular formula is C3H12O2S3. The Morgan fingerprint density at radius 1 is 1.00 bits per heavy atom. The molecule has 0 aliphatic rings. The number of hydrogen-bond acceptors (Lipinski definition) is 5. The van der Waals surface area contributed by atoms with Gasteiger partial charge in [-0.05, 0) is 18.8 Å². The molecule has 2 N–H and O–H groups in total. The van der Waals surface area contributed by atoms with Crippen LogP contribution in [0.2, 0.25) is 0 Å². The zero-order valence-electron chi connectivity index (χ0n) is 5.16. The SMILES string of the molecule is CS.CSSC.OO. The van der Waals surface area contributed by atoms with E-state index in [0.29, 0.717) is 0 Å². The molecule has 5 heteroatoms. The first-order valence-corrected chi connectivity index (χ1v) is 5.49. The van der Waals surface area contributed by atoms with Crippen LogP contribution in [0.5, 0.6) is 0 Å². The van der Waals surface area contributed by atoms with Gasteiger partial charge in [0.2, 0.25) is 0 Å². The minimum absolute atomic E-state index is 1.69. The van der Waals surface area contributed by atoms with Crippen molar-refractivity contribution in [2.75, 3.05) is 18.8 Å². The second kappa shape index (κ2) is 43.9. The predicted molar refractivity (Wildman–Crippen MR) is 47.2 cm³/mol. The highest BCUT2D eigenvalue weighted by Crippen LogP contribution is 2.09. The molecule has 0 rings (SSSR count). The maximum atomic E-state index is 6.00. The first kappa shape index (κ1) is 16.0. The molecule has 0 amide bonds. The topological polar surface area (TPSA) is 40.5 Å². The zero-order valence-corrected chi connectivity index (χ0v) is 7.69. The minimum Gasteiger partial charge on any atom is -0.255 e. The summed E-state index contributed by atoms with van der Waals surface area (Å²) in [7, 11) is 3.55. The average Bonchev–Trinajstić information content (AvgIpc) is 1.96. The van der Waals surface area contributed by atoms with Crippen molar-refractivity contribution in [1.82, 2.24) is 0 Å². The molecule has 0 radical (unpaired) electrons. The van der Waals surface area contributed by atoms with Gasteiger partial charge in [-0.25, -0.2) is 0 Å². The molecule has 0 heterocycles. The van der Waals surface area contributed by atoms with Crippen molar-refractivity contribution in [2.45, 2.75) is 0 Å². The molecule has 0 spiro atoms. The van der Waals surface area contributed by atoms with E-state index in [1.807, 2.05) is 0 Å². The van der Waals surface area contributed by atoms with Crippen molar-refractivity contribution in [2.24, 2.45) is 0 Å². The Morgan fingerprint density at radius 2 is 1.12 bits per heavy atom. The lowest BCUT2D eigenvalue weighted by atomic mass is 12.0. The van der Waals surface area contributed by atoms with Crippen LogP contribution in [0, 0.1) is 0 Å². The summed E-state index contributed by atoms with van der Waals surface area (Å²) in [6.45, 7) is 0. The molecule has 0 unspecified atom stereocenters. The predicted octanol–water partition coefficient (Wildman–Crippen LogP) is 2.19. The highest BCUT2D eigenvalue weighted by atomic mass is 33.1. The van der Waals surface area contributed by atoms with E-state index >= 15 is 0 Å². The van der Waals surface area contributed by atoms with Gasteiger partial charge in [0, 0.05) is 0 Å². The van der Waals surface area contributed by atoms with Crippen LogP contribution in [-0.4, -0.2) is 29.3 Å². The van der Waals surface area contributed by atoms with Crippen LogP contribution in [-0.2, 0) is 0 Å². The summed E-state index contributed by atoms with van der Waals surface area (Å²) in [5.41, 5.74) is 0. The van der Waals surface area contributed by atoms with E-state index in [1.165, 1.54) is 0 Å². The smallest absolute Gasteiger partial charge is 0.00793 e. The van der Waals surface area contributed by atoms with Gasteiger partial charge in [-0.15, -0.1) is 0 Å². The van der Waals surface area contributed by atoms with Gasteiger partial charge in [0.25, 0.3) is 0 Å². The summed E-state index contributed by atoms with van der Waals surface area (Å²) >= 11 is 3.53. The minimum atomic E-state index is 1.69. The van der Waals surface area contributed by atoms with Crippen LogP contribution < -0.4 is 0 Å². The van der Waals surface area contributed by atoms with Crippen molar-refractivity contribution >= 4 is 34.2 Å². The van der Waals surface area contributed by atoms with Crippen LogP contribution in [0.3, 0.4) is 0 Å². The molecule has 0 aromatic rings. The summed E-state index contributed by atoms with van der Waals surface area (Å²) in [5, 5.41) is 12.0. The van der Waals surface area contributed by atoms with Gasteiger partial charge in [-0.3, -0.25) is 10.5 Å². The van der Waals surface area contributed by atoms with Crippen LogP contribution in [0.4, 0.5) is 0 Å². The molecule has 0 aliphatic heterocycles. The van der Waals surface area contributed by atoms with Crippen LogP contribution in [0.25, 0.3) is 0 Å². The molecule has 8 heavy (non-hydrogen) atoms. The van der Waals surface area contributed by atoms with Gasteiger partial charge in [0.05, 0.1) is 0 Å². The summed E-state index contributed by atoms with van der Waals surface area (Å²) < 4.78 is 0. The maximum absolute atomic E-state index is 6.00. The summed E-state index contributed by atoms with van der Waals surface area (Å²) in [6, 6.07) is 0. The summed E-state index contributed by atoms with van der Waals surface area (Å²) in [4.78, 5) is 0. The largest absolute Gasteiger partial charge is 0.255 e. The van der Waals surface area contributed by atoms with Gasteiger partial charge in [0.1, 0.15) is 0 Å². The lowest BCUT2D eigenvalue weighted by Crippen LogP contribution is -1.29. The molecule has 0 aromatic carbocycles. The normalized spacial score (nSPS) is 5.25. The molecule has 0 bridgehead atoms. The molecule has 54 valence electrons. The lowest BCUT2D eigenvalue weighted by molar-refractivity contribution is -0.176. The molecule has 0 saturated carbocycles. The Morgan fingerprint density at radius 3 is 1.12 bits per heavy atom. The third-order valence-electron chi connectivity index (χ3n) is 0.167. The first-order chi connectivity index (χ1) is 3.91. The fourth-order valence-corrected chi connectivity index (χ4v) is 0. The fourth-order valence-electron chi connectivity index (χ4n) is 0. The standard InChI is InChI=1S/C2H6S2.CH4S.H2O2/c1-3-4-2;2*1-2/h1-2H3;2H,1H3;1-2H. The van der Waals surface area contributed by atoms with E-state index in [0.717, 1.165) is 0 Å². The quantitative estimate of drug-likeness (QED) is 0.248. The molecule has 0 atom stereocenters. The average molecular weight is 176 g/mol. The second-order valence-corrected chi connectivity index (χ2v) is 3.00. The number of thiol groups is 1. The highest BCUT2D eigenvalue weighted by Gasteiger charge is 1.55. The van der Waals surface area contributed by atoms with E-state index in [4.69, 9.17) is 10.5 Å².